The fourth-order valence-electron chi connectivity index (χ4n) is 2.64. The quantitative estimate of drug-likeness (QED) is 0.757. The molecule has 2 nitrogen and oxygen atoms in total. The van der Waals surface area contributed by atoms with Crippen LogP contribution in [0.4, 0.5) is 4.39 Å². The minimum atomic E-state index is -0.174. The molecule has 2 rings (SSSR count). The molecule has 0 radical (unpaired) electrons. The van der Waals surface area contributed by atoms with Crippen molar-refractivity contribution < 1.29 is 9.13 Å². The molecule has 19 heavy (non-hydrogen) atoms. The van der Waals surface area contributed by atoms with E-state index in [1.807, 2.05) is 12.1 Å². The van der Waals surface area contributed by atoms with Gasteiger partial charge in [0.05, 0.1) is 0 Å². The van der Waals surface area contributed by atoms with Crippen LogP contribution in [0.15, 0.2) is 24.3 Å². The SMILES string of the molecule is CCCCCCOC1NCCC1c1ccc(F)cc1. The number of rotatable bonds is 7. The Balaban J connectivity index is 1.81. The number of unbranched alkanes of at least 4 members (excludes halogenated alkanes) is 3. The van der Waals surface area contributed by atoms with E-state index >= 15 is 0 Å². The van der Waals surface area contributed by atoms with E-state index in [4.69, 9.17) is 4.74 Å². The molecule has 0 saturated carbocycles. The molecular formula is C16H24FNO. The fraction of sp³-hybridized carbons (Fsp3) is 0.625. The molecule has 1 aromatic carbocycles. The molecule has 1 aromatic rings. The molecule has 3 heteroatoms. The highest BCUT2D eigenvalue weighted by Gasteiger charge is 2.28. The first-order chi connectivity index (χ1) is 9.31. The van der Waals surface area contributed by atoms with Gasteiger partial charge >= 0.3 is 0 Å². The second kappa shape index (κ2) is 7.61. The number of benzene rings is 1. The third-order valence-electron chi connectivity index (χ3n) is 3.76. The van der Waals surface area contributed by atoms with E-state index in [2.05, 4.69) is 12.2 Å². The van der Waals surface area contributed by atoms with Gasteiger partial charge in [0, 0.05) is 12.5 Å². The van der Waals surface area contributed by atoms with Crippen LogP contribution in [-0.2, 0) is 4.74 Å². The molecule has 0 aromatic heterocycles. The lowest BCUT2D eigenvalue weighted by Crippen LogP contribution is -2.29. The standard InChI is InChI=1S/C16H24FNO/c1-2-3-4-5-12-19-16-15(10-11-18-16)13-6-8-14(17)9-7-13/h6-9,15-16,18H,2-5,10-12H2,1H3. The van der Waals surface area contributed by atoms with Crippen molar-refractivity contribution in [3.05, 3.63) is 35.6 Å². The Morgan fingerprint density at radius 2 is 2.00 bits per heavy atom. The average molecular weight is 265 g/mol. The van der Waals surface area contributed by atoms with Gasteiger partial charge in [0.2, 0.25) is 0 Å². The van der Waals surface area contributed by atoms with Crippen molar-refractivity contribution in [3.8, 4) is 0 Å². The van der Waals surface area contributed by atoms with Crippen molar-refractivity contribution in [1.82, 2.24) is 5.32 Å². The van der Waals surface area contributed by atoms with Crippen molar-refractivity contribution in [2.24, 2.45) is 0 Å². The molecule has 0 spiro atoms. The van der Waals surface area contributed by atoms with E-state index in [1.54, 1.807) is 0 Å². The van der Waals surface area contributed by atoms with Crippen LogP contribution in [0.2, 0.25) is 0 Å². The van der Waals surface area contributed by atoms with Crippen LogP contribution in [0.25, 0.3) is 0 Å². The maximum atomic E-state index is 12.9. The van der Waals surface area contributed by atoms with E-state index in [9.17, 15) is 4.39 Å². The first-order valence-corrected chi connectivity index (χ1v) is 7.41. The second-order valence-corrected chi connectivity index (χ2v) is 5.25. The summed E-state index contributed by atoms with van der Waals surface area (Å²) >= 11 is 0. The highest BCUT2D eigenvalue weighted by Crippen LogP contribution is 2.28. The van der Waals surface area contributed by atoms with Crippen LogP contribution in [0.3, 0.4) is 0 Å². The van der Waals surface area contributed by atoms with Crippen LogP contribution in [-0.4, -0.2) is 19.4 Å². The molecule has 1 N–H and O–H groups in total. The smallest absolute Gasteiger partial charge is 0.123 e. The maximum absolute atomic E-state index is 12.9. The molecular weight excluding hydrogens is 241 g/mol. The average Bonchev–Trinajstić information content (AvgIpc) is 2.88. The Bertz CT molecular complexity index is 366. The Hall–Kier alpha value is -0.930. The predicted octanol–water partition coefficient (Wildman–Crippen LogP) is 3.83. The highest BCUT2D eigenvalue weighted by atomic mass is 19.1. The summed E-state index contributed by atoms with van der Waals surface area (Å²) in [4.78, 5) is 0. The van der Waals surface area contributed by atoms with E-state index in [0.717, 1.165) is 26.0 Å². The van der Waals surface area contributed by atoms with Crippen LogP contribution < -0.4 is 5.32 Å². The van der Waals surface area contributed by atoms with Gasteiger partial charge in [0.15, 0.2) is 0 Å². The first kappa shape index (κ1) is 14.5. The summed E-state index contributed by atoms with van der Waals surface area (Å²) < 4.78 is 18.9. The van der Waals surface area contributed by atoms with Crippen LogP contribution in [0.5, 0.6) is 0 Å². The molecule has 1 heterocycles. The molecule has 0 aliphatic carbocycles. The molecule has 1 aliphatic rings. The van der Waals surface area contributed by atoms with Crippen LogP contribution in [0.1, 0.15) is 50.5 Å². The summed E-state index contributed by atoms with van der Waals surface area (Å²) in [6.45, 7) is 4.00. The molecule has 1 saturated heterocycles. The number of halogens is 1. The number of ether oxygens (including phenoxy) is 1. The topological polar surface area (TPSA) is 21.3 Å². The number of hydrogen-bond acceptors (Lipinski definition) is 2. The monoisotopic (exact) mass is 265 g/mol. The van der Waals surface area contributed by atoms with Crippen molar-refractivity contribution in [1.29, 1.82) is 0 Å². The van der Waals surface area contributed by atoms with Gasteiger partial charge in [-0.2, -0.15) is 0 Å². The van der Waals surface area contributed by atoms with Gasteiger partial charge in [0.1, 0.15) is 12.0 Å². The normalized spacial score (nSPS) is 22.8. The van der Waals surface area contributed by atoms with E-state index in [1.165, 1.54) is 37.0 Å². The third-order valence-corrected chi connectivity index (χ3v) is 3.76. The van der Waals surface area contributed by atoms with Crippen molar-refractivity contribution in [3.63, 3.8) is 0 Å². The Labute approximate surface area is 115 Å². The van der Waals surface area contributed by atoms with Crippen LogP contribution in [0, 0.1) is 5.82 Å². The zero-order valence-electron chi connectivity index (χ0n) is 11.7. The summed E-state index contributed by atoms with van der Waals surface area (Å²) in [5.74, 6) is 0.179. The predicted molar refractivity (Wildman–Crippen MR) is 75.6 cm³/mol. The third kappa shape index (κ3) is 4.29. The molecule has 2 atom stereocenters. The lowest BCUT2D eigenvalue weighted by atomic mass is 9.97. The van der Waals surface area contributed by atoms with Crippen molar-refractivity contribution >= 4 is 0 Å². The number of hydrogen-bond donors (Lipinski definition) is 1. The van der Waals surface area contributed by atoms with Gasteiger partial charge in [-0.05, 0) is 37.1 Å². The Morgan fingerprint density at radius 3 is 2.74 bits per heavy atom. The Morgan fingerprint density at radius 1 is 1.21 bits per heavy atom. The molecule has 0 bridgehead atoms. The van der Waals surface area contributed by atoms with Gasteiger partial charge < -0.3 is 4.74 Å². The van der Waals surface area contributed by atoms with Crippen molar-refractivity contribution in [2.75, 3.05) is 13.2 Å². The molecule has 106 valence electrons. The summed E-state index contributed by atoms with van der Waals surface area (Å²) in [5, 5.41) is 3.39. The van der Waals surface area contributed by atoms with E-state index in [0.29, 0.717) is 5.92 Å². The number of nitrogens with one attached hydrogen (secondary N) is 1. The van der Waals surface area contributed by atoms with E-state index in [-0.39, 0.29) is 12.0 Å². The molecule has 2 unspecified atom stereocenters. The zero-order valence-corrected chi connectivity index (χ0v) is 11.7. The second-order valence-electron chi connectivity index (χ2n) is 5.25. The summed E-state index contributed by atoms with van der Waals surface area (Å²) in [5.41, 5.74) is 1.17. The molecule has 0 amide bonds. The minimum Gasteiger partial charge on any atom is -0.363 e. The van der Waals surface area contributed by atoms with Gasteiger partial charge in [-0.25, -0.2) is 4.39 Å². The zero-order chi connectivity index (χ0) is 13.5. The largest absolute Gasteiger partial charge is 0.363 e. The molecule has 1 aliphatic heterocycles. The van der Waals surface area contributed by atoms with E-state index < -0.39 is 0 Å². The summed E-state index contributed by atoms with van der Waals surface area (Å²) in [6.07, 6.45) is 6.05. The molecule has 1 fully saturated rings. The van der Waals surface area contributed by atoms with Gasteiger partial charge in [0.25, 0.3) is 0 Å². The first-order valence-electron chi connectivity index (χ1n) is 7.41. The van der Waals surface area contributed by atoms with Gasteiger partial charge in [-0.3, -0.25) is 5.32 Å². The summed E-state index contributed by atoms with van der Waals surface area (Å²) in [7, 11) is 0. The minimum absolute atomic E-state index is 0.0899. The fourth-order valence-corrected chi connectivity index (χ4v) is 2.64. The maximum Gasteiger partial charge on any atom is 0.123 e. The van der Waals surface area contributed by atoms with Gasteiger partial charge in [-0.15, -0.1) is 0 Å². The van der Waals surface area contributed by atoms with Gasteiger partial charge in [-0.1, -0.05) is 38.3 Å². The van der Waals surface area contributed by atoms with Crippen molar-refractivity contribution in [2.45, 2.75) is 51.2 Å². The Kier molecular flexibility index (Phi) is 5.80. The van der Waals surface area contributed by atoms with Crippen LogP contribution >= 0.6 is 0 Å². The summed E-state index contributed by atoms with van der Waals surface area (Å²) in [6, 6.07) is 6.82. The lowest BCUT2D eigenvalue weighted by Gasteiger charge is -2.20. The lowest BCUT2D eigenvalue weighted by molar-refractivity contribution is 0.0296. The highest BCUT2D eigenvalue weighted by molar-refractivity contribution is 5.22.